The molecule has 3 nitrogen and oxygen atoms in total. The van der Waals surface area contributed by atoms with Crippen LogP contribution >= 0.6 is 11.3 Å². The molecule has 0 aliphatic rings. The summed E-state index contributed by atoms with van der Waals surface area (Å²) in [5.41, 5.74) is 17.1. The van der Waals surface area contributed by atoms with Crippen LogP contribution in [0.25, 0.3) is 81.0 Å². The number of aromatic nitrogens is 1. The van der Waals surface area contributed by atoms with Crippen molar-refractivity contribution in [1.29, 1.82) is 0 Å². The molecule has 0 N–H and O–H groups in total. The Morgan fingerprint density at radius 1 is 0.286 bits per heavy atom. The Kier molecular flexibility index (Phi) is 10.4. The van der Waals surface area contributed by atoms with E-state index in [4.69, 9.17) is 0 Å². The zero-order valence-electron chi connectivity index (χ0n) is 38.2. The van der Waals surface area contributed by atoms with Gasteiger partial charge in [0.05, 0.1) is 16.7 Å². The van der Waals surface area contributed by atoms with Crippen LogP contribution in [0.5, 0.6) is 0 Å². The van der Waals surface area contributed by atoms with Crippen LogP contribution in [-0.2, 0) is 0 Å². The minimum Gasteiger partial charge on any atom is -0.311 e. The van der Waals surface area contributed by atoms with Crippen LogP contribution in [-0.4, -0.2) is 4.57 Å². The van der Waals surface area contributed by atoms with Gasteiger partial charge in [0, 0.05) is 70.6 Å². The van der Waals surface area contributed by atoms with E-state index >= 15 is 0 Å². The molecule has 2 aromatic heterocycles. The molecular weight excluding hydrogens is 867 g/mol. The van der Waals surface area contributed by atoms with Gasteiger partial charge in [0.15, 0.2) is 0 Å². The molecule has 0 amide bonds. The smallest absolute Gasteiger partial charge is 0.0562 e. The van der Waals surface area contributed by atoms with Crippen molar-refractivity contribution in [2.24, 2.45) is 0 Å². The molecule has 4 heteroatoms. The summed E-state index contributed by atoms with van der Waals surface area (Å²) in [6, 6.07) is 99.1. The van der Waals surface area contributed by atoms with Gasteiger partial charge in [-0.05, 0) is 131 Å². The molecule has 2 heterocycles. The molecule has 0 atom stereocenters. The molecule has 0 aliphatic carbocycles. The second kappa shape index (κ2) is 17.6. The summed E-state index contributed by atoms with van der Waals surface area (Å²) in [4.78, 5) is 4.76. The van der Waals surface area contributed by atoms with Gasteiger partial charge in [-0.2, -0.15) is 0 Å². The quantitative estimate of drug-likeness (QED) is 0.135. The molecule has 330 valence electrons. The number of rotatable bonds is 10. The maximum atomic E-state index is 2.45. The van der Waals surface area contributed by atoms with E-state index in [9.17, 15) is 0 Å². The summed E-state index contributed by atoms with van der Waals surface area (Å²) in [5, 5.41) is 5.03. The van der Waals surface area contributed by atoms with Crippen molar-refractivity contribution in [2.45, 2.75) is 0 Å². The number of thiophene rings is 1. The third kappa shape index (κ3) is 7.30. The Balaban J connectivity index is 0.982. The predicted molar refractivity (Wildman–Crippen MR) is 299 cm³/mol. The van der Waals surface area contributed by atoms with E-state index in [-0.39, 0.29) is 0 Å². The Bertz CT molecular complexity index is 3930. The van der Waals surface area contributed by atoms with E-state index in [1.165, 1.54) is 47.6 Å². The number of anilines is 6. The highest BCUT2D eigenvalue weighted by molar-refractivity contribution is 7.25. The fraction of sp³-hybridized carbons (Fsp3) is 0. The minimum absolute atomic E-state index is 1.08. The van der Waals surface area contributed by atoms with Gasteiger partial charge >= 0.3 is 0 Å². The van der Waals surface area contributed by atoms with Crippen LogP contribution < -0.4 is 9.80 Å². The van der Waals surface area contributed by atoms with Gasteiger partial charge in [-0.15, -0.1) is 11.3 Å². The zero-order chi connectivity index (χ0) is 46.4. The van der Waals surface area contributed by atoms with E-state index in [2.05, 4.69) is 287 Å². The monoisotopic (exact) mass is 911 g/mol. The third-order valence-corrected chi connectivity index (χ3v) is 14.7. The highest BCUT2D eigenvalue weighted by Crippen LogP contribution is 2.48. The average molecular weight is 912 g/mol. The Morgan fingerprint density at radius 2 is 0.800 bits per heavy atom. The predicted octanol–water partition coefficient (Wildman–Crippen LogP) is 19.1. The molecule has 0 spiro atoms. The number of para-hydroxylation sites is 5. The second-order valence-electron chi connectivity index (χ2n) is 17.7. The second-order valence-corrected chi connectivity index (χ2v) is 18.8. The number of nitrogens with zero attached hydrogens (tertiary/aromatic N) is 3. The molecule has 13 aromatic rings. The maximum Gasteiger partial charge on any atom is 0.0562 e. The van der Waals surface area contributed by atoms with Gasteiger partial charge < -0.3 is 14.4 Å². The standard InChI is InChI=1S/C66H45N3S/c1-5-20-50(21-6-1)67(51-22-7-2-8-23-51)54-41-39-47(40-42-54)46-35-37-48(38-36-46)59-44-60-57-29-13-15-32-61(57)69(53-26-11-4-12-27-53)63(60)45-62(59)68(52-24-9-3-10-25-52)55-28-17-19-49(43-55)56-31-18-34-65-66(56)58-30-14-16-33-64(58)70-65/h1-45H. The van der Waals surface area contributed by atoms with Crippen molar-refractivity contribution in [3.8, 4) is 39.1 Å². The van der Waals surface area contributed by atoms with Crippen molar-refractivity contribution in [3.05, 3.63) is 273 Å². The molecule has 11 aromatic carbocycles. The molecule has 0 aliphatic heterocycles. The maximum absolute atomic E-state index is 2.45. The van der Waals surface area contributed by atoms with Crippen LogP contribution in [0.4, 0.5) is 34.1 Å². The van der Waals surface area contributed by atoms with Gasteiger partial charge in [-0.1, -0.05) is 170 Å². The lowest BCUT2D eigenvalue weighted by molar-refractivity contribution is 1.18. The molecule has 0 fully saturated rings. The minimum atomic E-state index is 1.08. The fourth-order valence-electron chi connectivity index (χ4n) is 10.4. The highest BCUT2D eigenvalue weighted by atomic mass is 32.1. The van der Waals surface area contributed by atoms with Crippen LogP contribution in [0.3, 0.4) is 0 Å². The number of fused-ring (bicyclic) bond motifs is 6. The fourth-order valence-corrected chi connectivity index (χ4v) is 11.5. The van der Waals surface area contributed by atoms with Crippen molar-refractivity contribution in [3.63, 3.8) is 0 Å². The zero-order valence-corrected chi connectivity index (χ0v) is 39.0. The molecule has 0 saturated carbocycles. The Labute approximate surface area is 411 Å². The molecular formula is C66H45N3S. The summed E-state index contributed by atoms with van der Waals surface area (Å²) in [6.45, 7) is 0. The van der Waals surface area contributed by atoms with Crippen molar-refractivity contribution < 1.29 is 0 Å². The lowest BCUT2D eigenvalue weighted by Gasteiger charge is -2.29. The first-order chi connectivity index (χ1) is 34.7. The van der Waals surface area contributed by atoms with E-state index in [0.717, 1.165) is 67.6 Å². The van der Waals surface area contributed by atoms with E-state index in [1.807, 2.05) is 11.3 Å². The van der Waals surface area contributed by atoms with Crippen molar-refractivity contribution >= 4 is 87.4 Å². The van der Waals surface area contributed by atoms with Gasteiger partial charge in [0.2, 0.25) is 0 Å². The first-order valence-corrected chi connectivity index (χ1v) is 24.6. The summed E-state index contributed by atoms with van der Waals surface area (Å²) < 4.78 is 5.02. The summed E-state index contributed by atoms with van der Waals surface area (Å²) in [6.07, 6.45) is 0. The first kappa shape index (κ1) is 41.2. The normalized spacial score (nSPS) is 11.4. The third-order valence-electron chi connectivity index (χ3n) is 13.6. The van der Waals surface area contributed by atoms with E-state index < -0.39 is 0 Å². The van der Waals surface area contributed by atoms with Crippen molar-refractivity contribution in [1.82, 2.24) is 4.57 Å². The number of hydrogen-bond donors (Lipinski definition) is 0. The van der Waals surface area contributed by atoms with Gasteiger partial charge in [-0.3, -0.25) is 0 Å². The van der Waals surface area contributed by atoms with Gasteiger partial charge in [0.1, 0.15) is 0 Å². The van der Waals surface area contributed by atoms with Crippen LogP contribution in [0.1, 0.15) is 0 Å². The molecule has 0 saturated heterocycles. The molecule has 70 heavy (non-hydrogen) atoms. The number of benzene rings is 11. The SMILES string of the molecule is c1ccc(N(c2ccccc2)c2ccc(-c3ccc(-c4cc5c6ccccc6n(-c6ccccc6)c5cc4N(c4ccccc4)c4cccc(-c5cccc6sc7ccccc7c56)c4)cc3)cc2)cc1. The Morgan fingerprint density at radius 3 is 1.49 bits per heavy atom. The summed E-state index contributed by atoms with van der Waals surface area (Å²) in [5.74, 6) is 0. The van der Waals surface area contributed by atoms with Crippen LogP contribution in [0.2, 0.25) is 0 Å². The van der Waals surface area contributed by atoms with Crippen LogP contribution in [0, 0.1) is 0 Å². The molecule has 13 rings (SSSR count). The van der Waals surface area contributed by atoms with Gasteiger partial charge in [-0.25, -0.2) is 0 Å². The van der Waals surface area contributed by atoms with E-state index in [1.54, 1.807) is 0 Å². The Hall–Kier alpha value is -8.96. The lowest BCUT2D eigenvalue weighted by atomic mass is 9.95. The summed E-state index contributed by atoms with van der Waals surface area (Å²) in [7, 11) is 0. The molecule has 0 radical (unpaired) electrons. The lowest BCUT2D eigenvalue weighted by Crippen LogP contribution is -2.11. The van der Waals surface area contributed by atoms with Crippen LogP contribution in [0.15, 0.2) is 273 Å². The highest BCUT2D eigenvalue weighted by Gasteiger charge is 2.23. The largest absolute Gasteiger partial charge is 0.311 e. The molecule has 0 bridgehead atoms. The first-order valence-electron chi connectivity index (χ1n) is 23.8. The van der Waals surface area contributed by atoms with Crippen molar-refractivity contribution in [2.75, 3.05) is 9.80 Å². The summed E-state index contributed by atoms with van der Waals surface area (Å²) >= 11 is 1.86. The average Bonchev–Trinajstić information content (AvgIpc) is 3.98. The van der Waals surface area contributed by atoms with E-state index in [0.29, 0.717) is 0 Å². The topological polar surface area (TPSA) is 11.4 Å². The number of hydrogen-bond acceptors (Lipinski definition) is 3. The molecule has 0 unspecified atom stereocenters. The van der Waals surface area contributed by atoms with Gasteiger partial charge in [0.25, 0.3) is 0 Å².